The lowest BCUT2D eigenvalue weighted by molar-refractivity contribution is 0.227. The molecule has 1 heterocycles. The number of likely N-dealkylation sites (tertiary alicyclic amines) is 1. The van der Waals surface area contributed by atoms with Crippen LogP contribution in [0.25, 0.3) is 10.8 Å². The summed E-state index contributed by atoms with van der Waals surface area (Å²) in [5, 5.41) is 6.32. The van der Waals surface area contributed by atoms with Crippen molar-refractivity contribution in [2.75, 3.05) is 26.2 Å². The Labute approximate surface area is 128 Å². The van der Waals surface area contributed by atoms with E-state index < -0.39 is 0 Å². The predicted molar refractivity (Wildman–Crippen MR) is 90.7 cm³/mol. The van der Waals surface area contributed by atoms with E-state index >= 15 is 0 Å². The van der Waals surface area contributed by atoms with Crippen molar-refractivity contribution in [3.8, 4) is 0 Å². The molecule has 1 aliphatic rings. The summed E-state index contributed by atoms with van der Waals surface area (Å²) < 4.78 is 0. The van der Waals surface area contributed by atoms with Crippen molar-refractivity contribution in [3.63, 3.8) is 0 Å². The van der Waals surface area contributed by atoms with Crippen LogP contribution in [0.2, 0.25) is 0 Å². The molecule has 1 aliphatic heterocycles. The van der Waals surface area contributed by atoms with E-state index in [1.54, 1.807) is 0 Å². The summed E-state index contributed by atoms with van der Waals surface area (Å²) >= 11 is 0. The summed E-state index contributed by atoms with van der Waals surface area (Å²) in [6.07, 6.45) is 4.16. The molecule has 0 aliphatic carbocycles. The Morgan fingerprint density at radius 3 is 2.57 bits per heavy atom. The Morgan fingerprint density at radius 1 is 1.00 bits per heavy atom. The molecule has 0 aromatic heterocycles. The van der Waals surface area contributed by atoms with Crippen LogP contribution in [0.5, 0.6) is 0 Å². The smallest absolute Gasteiger partial charge is 0.0292 e. The molecule has 3 rings (SSSR count). The average molecular weight is 282 g/mol. The van der Waals surface area contributed by atoms with Crippen molar-refractivity contribution < 1.29 is 0 Å². The van der Waals surface area contributed by atoms with E-state index in [4.69, 9.17) is 0 Å². The number of nitrogens with zero attached hydrogens (tertiary/aromatic N) is 1. The van der Waals surface area contributed by atoms with Crippen LogP contribution in [0.1, 0.15) is 37.8 Å². The number of fused-ring (bicyclic) bond motifs is 1. The molecular weight excluding hydrogens is 256 g/mol. The third-order valence-electron chi connectivity index (χ3n) is 4.60. The molecule has 2 nitrogen and oxygen atoms in total. The number of piperidine rings is 1. The van der Waals surface area contributed by atoms with Gasteiger partial charge < -0.3 is 10.2 Å². The van der Waals surface area contributed by atoms with Crippen molar-refractivity contribution in [2.24, 2.45) is 0 Å². The van der Waals surface area contributed by atoms with Crippen molar-refractivity contribution in [2.45, 2.75) is 32.2 Å². The van der Waals surface area contributed by atoms with Crippen molar-refractivity contribution in [3.05, 3.63) is 48.0 Å². The SMILES string of the molecule is CC(NCCN1CCCCC1)c1ccc2ccccc2c1. The number of benzene rings is 2. The minimum atomic E-state index is 0.416. The highest BCUT2D eigenvalue weighted by Crippen LogP contribution is 2.20. The number of nitrogens with one attached hydrogen (secondary N) is 1. The van der Waals surface area contributed by atoms with Gasteiger partial charge in [-0.1, -0.05) is 42.8 Å². The van der Waals surface area contributed by atoms with Crippen LogP contribution >= 0.6 is 0 Å². The summed E-state index contributed by atoms with van der Waals surface area (Å²) in [7, 11) is 0. The first-order valence-electron chi connectivity index (χ1n) is 8.27. The van der Waals surface area contributed by atoms with Gasteiger partial charge in [0.2, 0.25) is 0 Å². The third kappa shape index (κ3) is 3.84. The Morgan fingerprint density at radius 2 is 1.76 bits per heavy atom. The number of hydrogen-bond acceptors (Lipinski definition) is 2. The molecule has 21 heavy (non-hydrogen) atoms. The Kier molecular flexibility index (Phi) is 4.89. The second-order valence-corrected chi connectivity index (χ2v) is 6.18. The molecule has 2 aromatic carbocycles. The molecule has 0 spiro atoms. The predicted octanol–water partition coefficient (Wildman–Crippen LogP) is 3.98. The lowest BCUT2D eigenvalue weighted by atomic mass is 10.0. The van der Waals surface area contributed by atoms with Gasteiger partial charge in [-0.3, -0.25) is 0 Å². The van der Waals surface area contributed by atoms with E-state index in [1.165, 1.54) is 55.2 Å². The van der Waals surface area contributed by atoms with Gasteiger partial charge in [-0.15, -0.1) is 0 Å². The maximum absolute atomic E-state index is 3.67. The fourth-order valence-electron chi connectivity index (χ4n) is 3.22. The Bertz CT molecular complexity index is 573. The summed E-state index contributed by atoms with van der Waals surface area (Å²) in [4.78, 5) is 2.59. The van der Waals surface area contributed by atoms with Crippen LogP contribution < -0.4 is 5.32 Å². The molecule has 1 atom stereocenters. The number of hydrogen-bond donors (Lipinski definition) is 1. The topological polar surface area (TPSA) is 15.3 Å². The van der Waals surface area contributed by atoms with Crippen LogP contribution in [0.4, 0.5) is 0 Å². The van der Waals surface area contributed by atoms with E-state index in [0.29, 0.717) is 6.04 Å². The molecular formula is C19H26N2. The van der Waals surface area contributed by atoms with E-state index in [2.05, 4.69) is 59.6 Å². The second kappa shape index (κ2) is 7.06. The van der Waals surface area contributed by atoms with Gasteiger partial charge in [-0.25, -0.2) is 0 Å². The largest absolute Gasteiger partial charge is 0.309 e. The molecule has 112 valence electrons. The zero-order valence-electron chi connectivity index (χ0n) is 13.0. The van der Waals surface area contributed by atoms with Gasteiger partial charge in [0.05, 0.1) is 0 Å². The summed E-state index contributed by atoms with van der Waals surface area (Å²) in [6.45, 7) is 7.09. The average Bonchev–Trinajstić information content (AvgIpc) is 2.55. The molecule has 0 radical (unpaired) electrons. The highest BCUT2D eigenvalue weighted by atomic mass is 15.1. The molecule has 1 fully saturated rings. The van der Waals surface area contributed by atoms with Crippen molar-refractivity contribution >= 4 is 10.8 Å². The maximum Gasteiger partial charge on any atom is 0.0292 e. The first-order chi connectivity index (χ1) is 10.3. The molecule has 1 unspecified atom stereocenters. The fourth-order valence-corrected chi connectivity index (χ4v) is 3.22. The summed E-state index contributed by atoms with van der Waals surface area (Å²) in [5.74, 6) is 0. The van der Waals surface area contributed by atoms with E-state index in [9.17, 15) is 0 Å². The van der Waals surface area contributed by atoms with Crippen molar-refractivity contribution in [1.82, 2.24) is 10.2 Å². The molecule has 2 aromatic rings. The maximum atomic E-state index is 3.67. The first kappa shape index (κ1) is 14.6. The fraction of sp³-hybridized carbons (Fsp3) is 0.474. The highest BCUT2D eigenvalue weighted by molar-refractivity contribution is 5.83. The van der Waals surface area contributed by atoms with Gasteiger partial charge in [0.25, 0.3) is 0 Å². The number of rotatable bonds is 5. The molecule has 0 saturated carbocycles. The van der Waals surface area contributed by atoms with Crippen molar-refractivity contribution in [1.29, 1.82) is 0 Å². The third-order valence-corrected chi connectivity index (χ3v) is 4.60. The minimum absolute atomic E-state index is 0.416. The van der Waals surface area contributed by atoms with Gasteiger partial charge >= 0.3 is 0 Å². The lowest BCUT2D eigenvalue weighted by Gasteiger charge is -2.27. The van der Waals surface area contributed by atoms with E-state index in [-0.39, 0.29) is 0 Å². The molecule has 1 saturated heterocycles. The van der Waals surface area contributed by atoms with Gasteiger partial charge in [-0.05, 0) is 55.3 Å². The van der Waals surface area contributed by atoms with Crippen LogP contribution in [-0.2, 0) is 0 Å². The van der Waals surface area contributed by atoms with Gasteiger partial charge in [0, 0.05) is 19.1 Å². The van der Waals surface area contributed by atoms with Gasteiger partial charge in [0.15, 0.2) is 0 Å². The minimum Gasteiger partial charge on any atom is -0.309 e. The monoisotopic (exact) mass is 282 g/mol. The Hall–Kier alpha value is -1.38. The molecule has 0 amide bonds. The highest BCUT2D eigenvalue weighted by Gasteiger charge is 2.10. The molecule has 1 N–H and O–H groups in total. The van der Waals surface area contributed by atoms with E-state index in [0.717, 1.165) is 6.54 Å². The standard InChI is InChI=1S/C19H26N2/c1-16(20-11-14-21-12-5-2-6-13-21)18-10-9-17-7-3-4-8-19(17)15-18/h3-4,7-10,15-16,20H,2,5-6,11-14H2,1H3. The van der Waals surface area contributed by atoms with E-state index in [1.807, 2.05) is 0 Å². The molecule has 2 heteroatoms. The Balaban J connectivity index is 1.54. The summed E-state index contributed by atoms with van der Waals surface area (Å²) in [6, 6.07) is 15.8. The van der Waals surface area contributed by atoms with Crippen LogP contribution in [-0.4, -0.2) is 31.1 Å². The van der Waals surface area contributed by atoms with Crippen LogP contribution in [0.15, 0.2) is 42.5 Å². The molecule has 0 bridgehead atoms. The normalized spacial score (nSPS) is 18.0. The zero-order chi connectivity index (χ0) is 14.5. The lowest BCUT2D eigenvalue weighted by Crippen LogP contribution is -2.36. The quantitative estimate of drug-likeness (QED) is 0.892. The van der Waals surface area contributed by atoms with Crippen LogP contribution in [0.3, 0.4) is 0 Å². The van der Waals surface area contributed by atoms with Gasteiger partial charge in [-0.2, -0.15) is 0 Å². The zero-order valence-corrected chi connectivity index (χ0v) is 13.0. The first-order valence-corrected chi connectivity index (χ1v) is 8.27. The second-order valence-electron chi connectivity index (χ2n) is 6.18. The summed E-state index contributed by atoms with van der Waals surface area (Å²) in [5.41, 5.74) is 1.38. The van der Waals surface area contributed by atoms with Gasteiger partial charge in [0.1, 0.15) is 0 Å². The van der Waals surface area contributed by atoms with Crippen LogP contribution in [0, 0.1) is 0 Å².